The number of sulfonamides is 1. The number of rotatable bonds is 3. The van der Waals surface area contributed by atoms with E-state index in [9.17, 15) is 17.6 Å². The molecule has 2 N–H and O–H groups in total. The smallest absolute Gasteiger partial charge is 0.337 e. The van der Waals surface area contributed by atoms with E-state index >= 15 is 0 Å². The number of hydrogen-bond acceptors (Lipinski definition) is 3. The van der Waals surface area contributed by atoms with Gasteiger partial charge in [-0.2, -0.15) is 0 Å². The molecular weight excluding hydrogens is 261 g/mol. The standard InChI is InChI=1S/C11H14FNO4S/c1-11(2,3)18(16,17)13-9-6-7(12)4-5-8(9)10(14)15/h4-6,13H,1-3H3,(H,14,15). The summed E-state index contributed by atoms with van der Waals surface area (Å²) in [5.41, 5.74) is -0.582. The van der Waals surface area contributed by atoms with E-state index < -0.39 is 26.6 Å². The average molecular weight is 275 g/mol. The Morgan fingerprint density at radius 1 is 1.33 bits per heavy atom. The molecule has 0 aliphatic rings. The van der Waals surface area contributed by atoms with Gasteiger partial charge in [0.05, 0.1) is 16.0 Å². The Balaban J connectivity index is 3.27. The fourth-order valence-electron chi connectivity index (χ4n) is 1.09. The molecule has 1 aromatic rings. The Labute approximate surface area is 105 Å². The SMILES string of the molecule is CC(C)(C)S(=O)(=O)Nc1cc(F)ccc1C(=O)O. The Bertz CT molecular complexity index is 575. The monoisotopic (exact) mass is 275 g/mol. The molecule has 100 valence electrons. The maximum atomic E-state index is 13.1. The largest absolute Gasteiger partial charge is 0.478 e. The highest BCUT2D eigenvalue weighted by atomic mass is 32.2. The zero-order chi connectivity index (χ0) is 14.1. The normalized spacial score (nSPS) is 12.2. The molecule has 0 amide bonds. The van der Waals surface area contributed by atoms with E-state index in [-0.39, 0.29) is 11.3 Å². The summed E-state index contributed by atoms with van der Waals surface area (Å²) in [4.78, 5) is 10.9. The van der Waals surface area contributed by atoms with Gasteiger partial charge < -0.3 is 5.11 Å². The first-order valence-corrected chi connectivity index (χ1v) is 6.58. The van der Waals surface area contributed by atoms with E-state index in [0.29, 0.717) is 0 Å². The van der Waals surface area contributed by atoms with Crippen LogP contribution in [0.25, 0.3) is 0 Å². The van der Waals surface area contributed by atoms with Crippen LogP contribution in [0.5, 0.6) is 0 Å². The molecular formula is C11H14FNO4S. The van der Waals surface area contributed by atoms with E-state index in [2.05, 4.69) is 4.72 Å². The van der Waals surface area contributed by atoms with Gasteiger partial charge in [-0.15, -0.1) is 0 Å². The van der Waals surface area contributed by atoms with Crippen LogP contribution in [0.1, 0.15) is 31.1 Å². The molecule has 0 saturated heterocycles. The number of hydrogen-bond donors (Lipinski definition) is 2. The fourth-order valence-corrected chi connectivity index (χ4v) is 1.85. The number of aromatic carboxylic acids is 1. The van der Waals surface area contributed by atoms with E-state index in [1.54, 1.807) is 0 Å². The molecule has 0 aliphatic carbocycles. The summed E-state index contributed by atoms with van der Waals surface area (Å²) in [6, 6.07) is 2.81. The minimum absolute atomic E-state index is 0.280. The molecule has 0 radical (unpaired) electrons. The summed E-state index contributed by atoms with van der Waals surface area (Å²) in [5.74, 6) is -2.05. The lowest BCUT2D eigenvalue weighted by molar-refractivity contribution is 0.0698. The summed E-state index contributed by atoms with van der Waals surface area (Å²) in [7, 11) is -3.80. The van der Waals surface area contributed by atoms with Crippen LogP contribution >= 0.6 is 0 Å². The first-order chi connectivity index (χ1) is 8.04. The molecule has 0 bridgehead atoms. The van der Waals surface area contributed by atoms with Crippen molar-refractivity contribution in [3.63, 3.8) is 0 Å². The maximum Gasteiger partial charge on any atom is 0.337 e. The van der Waals surface area contributed by atoms with E-state index in [4.69, 9.17) is 5.11 Å². The molecule has 0 unspecified atom stereocenters. The highest BCUT2D eigenvalue weighted by Crippen LogP contribution is 2.23. The second kappa shape index (κ2) is 4.56. The highest BCUT2D eigenvalue weighted by molar-refractivity contribution is 7.94. The van der Waals surface area contributed by atoms with Gasteiger partial charge in [0, 0.05) is 0 Å². The number of carboxylic acid groups (broad SMARTS) is 1. The van der Waals surface area contributed by atoms with Crippen molar-refractivity contribution in [1.29, 1.82) is 0 Å². The van der Waals surface area contributed by atoms with Crippen LogP contribution in [-0.2, 0) is 10.0 Å². The predicted molar refractivity (Wildman–Crippen MR) is 65.7 cm³/mol. The predicted octanol–water partition coefficient (Wildman–Crippen LogP) is 2.06. The van der Waals surface area contributed by atoms with Crippen molar-refractivity contribution >= 4 is 21.7 Å². The first-order valence-electron chi connectivity index (χ1n) is 5.10. The highest BCUT2D eigenvalue weighted by Gasteiger charge is 2.30. The molecule has 0 aliphatic heterocycles. The lowest BCUT2D eigenvalue weighted by Gasteiger charge is -2.21. The van der Waals surface area contributed by atoms with Gasteiger partial charge in [-0.3, -0.25) is 4.72 Å². The van der Waals surface area contributed by atoms with E-state index in [1.165, 1.54) is 20.8 Å². The summed E-state index contributed by atoms with van der Waals surface area (Å²) >= 11 is 0. The molecule has 0 aromatic heterocycles. The van der Waals surface area contributed by atoms with E-state index in [0.717, 1.165) is 18.2 Å². The van der Waals surface area contributed by atoms with Gasteiger partial charge in [0.2, 0.25) is 10.0 Å². The van der Waals surface area contributed by atoms with Gasteiger partial charge in [-0.1, -0.05) is 0 Å². The van der Waals surface area contributed by atoms with Crippen molar-refractivity contribution in [3.8, 4) is 0 Å². The van der Waals surface area contributed by atoms with Gasteiger partial charge in [0.15, 0.2) is 0 Å². The molecule has 1 rings (SSSR count). The third-order valence-electron chi connectivity index (χ3n) is 2.26. The molecule has 0 spiro atoms. The molecule has 0 atom stereocenters. The van der Waals surface area contributed by atoms with Crippen LogP contribution in [0, 0.1) is 5.82 Å². The van der Waals surface area contributed by atoms with Crippen molar-refractivity contribution in [2.75, 3.05) is 4.72 Å². The van der Waals surface area contributed by atoms with Crippen molar-refractivity contribution in [2.24, 2.45) is 0 Å². The number of halogens is 1. The quantitative estimate of drug-likeness (QED) is 0.884. The second-order valence-electron chi connectivity index (χ2n) is 4.71. The maximum absolute atomic E-state index is 13.1. The number of benzene rings is 1. The summed E-state index contributed by atoms with van der Waals surface area (Å²) < 4.78 is 37.8. The second-order valence-corrected chi connectivity index (χ2v) is 7.15. The van der Waals surface area contributed by atoms with Crippen LogP contribution in [0.15, 0.2) is 18.2 Å². The van der Waals surface area contributed by atoms with Crippen LogP contribution in [0.4, 0.5) is 10.1 Å². The lowest BCUT2D eigenvalue weighted by atomic mass is 10.2. The summed E-state index contributed by atoms with van der Waals surface area (Å²) in [6.45, 7) is 4.36. The number of anilines is 1. The topological polar surface area (TPSA) is 83.5 Å². The molecule has 0 fully saturated rings. The Hall–Kier alpha value is -1.63. The number of carbonyl (C=O) groups is 1. The van der Waals surface area contributed by atoms with Crippen molar-refractivity contribution in [2.45, 2.75) is 25.5 Å². The van der Waals surface area contributed by atoms with Crippen LogP contribution in [0.2, 0.25) is 0 Å². The lowest BCUT2D eigenvalue weighted by Crippen LogP contribution is -2.34. The van der Waals surface area contributed by atoms with Crippen molar-refractivity contribution in [1.82, 2.24) is 0 Å². The Kier molecular flexibility index (Phi) is 3.66. The van der Waals surface area contributed by atoms with Crippen LogP contribution in [0.3, 0.4) is 0 Å². The van der Waals surface area contributed by atoms with Crippen molar-refractivity contribution in [3.05, 3.63) is 29.6 Å². The van der Waals surface area contributed by atoms with Gasteiger partial charge in [-0.25, -0.2) is 17.6 Å². The number of nitrogens with one attached hydrogen (secondary N) is 1. The molecule has 0 saturated carbocycles. The first kappa shape index (κ1) is 14.4. The zero-order valence-electron chi connectivity index (χ0n) is 10.2. The number of carboxylic acids is 1. The van der Waals surface area contributed by atoms with Crippen molar-refractivity contribution < 1.29 is 22.7 Å². The Morgan fingerprint density at radius 3 is 2.33 bits per heavy atom. The zero-order valence-corrected chi connectivity index (χ0v) is 11.0. The fraction of sp³-hybridized carbons (Fsp3) is 0.364. The third kappa shape index (κ3) is 2.98. The van der Waals surface area contributed by atoms with Gasteiger partial charge in [0.1, 0.15) is 5.82 Å². The van der Waals surface area contributed by atoms with Crippen LogP contribution in [-0.4, -0.2) is 24.2 Å². The van der Waals surface area contributed by atoms with Gasteiger partial charge >= 0.3 is 5.97 Å². The summed E-state index contributed by atoms with van der Waals surface area (Å²) in [5, 5.41) is 8.90. The Morgan fingerprint density at radius 2 is 1.89 bits per heavy atom. The third-order valence-corrected chi connectivity index (χ3v) is 4.36. The van der Waals surface area contributed by atoms with Gasteiger partial charge in [-0.05, 0) is 39.0 Å². The molecule has 5 nitrogen and oxygen atoms in total. The minimum Gasteiger partial charge on any atom is -0.478 e. The van der Waals surface area contributed by atoms with Gasteiger partial charge in [0.25, 0.3) is 0 Å². The molecule has 7 heteroatoms. The summed E-state index contributed by atoms with van der Waals surface area (Å²) in [6.07, 6.45) is 0. The average Bonchev–Trinajstić information content (AvgIpc) is 2.14. The van der Waals surface area contributed by atoms with E-state index in [1.807, 2.05) is 0 Å². The van der Waals surface area contributed by atoms with Crippen LogP contribution < -0.4 is 4.72 Å². The minimum atomic E-state index is -3.80. The molecule has 0 heterocycles. The molecule has 18 heavy (non-hydrogen) atoms. The molecule has 1 aromatic carbocycles.